The second kappa shape index (κ2) is 7.27. The molecule has 1 aromatic carbocycles. The molecule has 2 heterocycles. The molecule has 1 unspecified atom stereocenters. The largest absolute Gasteiger partial charge is 0.303 e. The molecule has 3 rings (SSSR count). The van der Waals surface area contributed by atoms with E-state index in [-0.39, 0.29) is 10.8 Å². The average Bonchev–Trinajstić information content (AvgIpc) is 2.56. The Bertz CT molecular complexity index is 699. The molecule has 1 spiro atoms. The molecule has 26 heavy (non-hydrogen) atoms. The summed E-state index contributed by atoms with van der Waals surface area (Å²) in [6, 6.07) is 9.20. The lowest BCUT2D eigenvalue weighted by Crippen LogP contribution is -2.55. The predicted octanol–water partition coefficient (Wildman–Crippen LogP) is 4.06. The first kappa shape index (κ1) is 19.9. The first-order chi connectivity index (χ1) is 12.1. The summed E-state index contributed by atoms with van der Waals surface area (Å²) in [7, 11) is -2.71. The van der Waals surface area contributed by atoms with Crippen LogP contribution in [0.15, 0.2) is 24.3 Å². The number of nitrogens with zero attached hydrogens (tertiary/aromatic N) is 1. The van der Waals surface area contributed by atoms with Gasteiger partial charge < -0.3 is 4.90 Å². The molecule has 0 N–H and O–H groups in total. The van der Waals surface area contributed by atoms with E-state index in [4.69, 9.17) is 0 Å². The minimum Gasteiger partial charge on any atom is -0.303 e. The van der Waals surface area contributed by atoms with Gasteiger partial charge in [0, 0.05) is 12.0 Å². The van der Waals surface area contributed by atoms with Crippen LogP contribution in [-0.4, -0.2) is 44.5 Å². The number of likely N-dealkylation sites (tertiary alicyclic amines) is 1. The van der Waals surface area contributed by atoms with Crippen LogP contribution in [0.3, 0.4) is 0 Å². The normalized spacial score (nSPS) is 23.5. The summed E-state index contributed by atoms with van der Waals surface area (Å²) in [5.74, 6) is 1.49. The number of piperidine rings is 1. The Hall–Kier alpha value is -0.870. The van der Waals surface area contributed by atoms with Gasteiger partial charge in [0.25, 0.3) is 0 Å². The third kappa shape index (κ3) is 4.51. The van der Waals surface area contributed by atoms with Gasteiger partial charge in [0.1, 0.15) is 0 Å². The van der Waals surface area contributed by atoms with E-state index in [1.54, 1.807) is 0 Å². The van der Waals surface area contributed by atoms with E-state index in [1.165, 1.54) is 11.1 Å². The lowest BCUT2D eigenvalue weighted by Gasteiger charge is -2.47. The van der Waals surface area contributed by atoms with E-state index < -0.39 is 9.84 Å². The third-order valence-corrected chi connectivity index (χ3v) is 8.85. The fourth-order valence-electron chi connectivity index (χ4n) is 4.59. The molecule has 1 atom stereocenters. The van der Waals surface area contributed by atoms with Crippen LogP contribution >= 0.6 is 0 Å². The van der Waals surface area contributed by atoms with Crippen molar-refractivity contribution in [3.63, 3.8) is 0 Å². The third-order valence-electron chi connectivity index (χ3n) is 6.74. The number of sulfone groups is 1. The maximum atomic E-state index is 11.5. The standard InChI is InChI=1S/C22H35NO2S/c1-5-21(3,4)20-8-6-19(7-9-20)14-18(2)15-23-12-10-22(11-13-23)16-26(24,25)17-22/h6-9,18H,5,10-17H2,1-4H3. The molecule has 1 aromatic rings. The Morgan fingerprint density at radius 1 is 1.12 bits per heavy atom. The van der Waals surface area contributed by atoms with Gasteiger partial charge in [0.15, 0.2) is 9.84 Å². The molecule has 2 aliphatic heterocycles. The van der Waals surface area contributed by atoms with Crippen molar-refractivity contribution in [2.75, 3.05) is 31.1 Å². The summed E-state index contributed by atoms with van der Waals surface area (Å²) in [6.45, 7) is 12.4. The van der Waals surface area contributed by atoms with Crippen LogP contribution in [0.2, 0.25) is 0 Å². The number of rotatable bonds is 6. The highest BCUT2D eigenvalue weighted by Crippen LogP contribution is 2.42. The first-order valence-electron chi connectivity index (χ1n) is 10.2. The zero-order valence-corrected chi connectivity index (χ0v) is 17.7. The van der Waals surface area contributed by atoms with E-state index >= 15 is 0 Å². The lowest BCUT2D eigenvalue weighted by molar-refractivity contribution is 0.113. The van der Waals surface area contributed by atoms with Gasteiger partial charge in [0.2, 0.25) is 0 Å². The summed E-state index contributed by atoms with van der Waals surface area (Å²) in [4.78, 5) is 2.54. The fourth-order valence-corrected chi connectivity index (χ4v) is 6.95. The molecule has 0 amide bonds. The molecule has 3 nitrogen and oxygen atoms in total. The van der Waals surface area contributed by atoms with Gasteiger partial charge in [-0.05, 0) is 61.2 Å². The minimum absolute atomic E-state index is 0.125. The fraction of sp³-hybridized carbons (Fsp3) is 0.727. The predicted molar refractivity (Wildman–Crippen MR) is 109 cm³/mol. The van der Waals surface area contributed by atoms with Crippen molar-refractivity contribution in [3.05, 3.63) is 35.4 Å². The van der Waals surface area contributed by atoms with Crippen molar-refractivity contribution in [3.8, 4) is 0 Å². The van der Waals surface area contributed by atoms with Crippen LogP contribution in [0.5, 0.6) is 0 Å². The average molecular weight is 378 g/mol. The van der Waals surface area contributed by atoms with Crippen molar-refractivity contribution >= 4 is 9.84 Å². The van der Waals surface area contributed by atoms with Crippen LogP contribution in [0.1, 0.15) is 58.1 Å². The maximum absolute atomic E-state index is 11.5. The van der Waals surface area contributed by atoms with E-state index in [2.05, 4.69) is 56.9 Å². The van der Waals surface area contributed by atoms with Crippen molar-refractivity contribution < 1.29 is 8.42 Å². The monoisotopic (exact) mass is 377 g/mol. The van der Waals surface area contributed by atoms with Gasteiger partial charge in [-0.15, -0.1) is 0 Å². The lowest BCUT2D eigenvalue weighted by atomic mass is 9.81. The Morgan fingerprint density at radius 2 is 1.69 bits per heavy atom. The number of hydrogen-bond acceptors (Lipinski definition) is 3. The summed E-state index contributed by atoms with van der Waals surface area (Å²) in [5, 5.41) is 0. The van der Waals surface area contributed by atoms with Crippen LogP contribution in [0.25, 0.3) is 0 Å². The summed E-state index contributed by atoms with van der Waals surface area (Å²) in [5.41, 5.74) is 3.23. The summed E-state index contributed by atoms with van der Waals surface area (Å²) in [6.07, 6.45) is 4.38. The molecule has 0 bridgehead atoms. The Morgan fingerprint density at radius 3 is 2.19 bits per heavy atom. The van der Waals surface area contributed by atoms with Gasteiger partial charge in [-0.1, -0.05) is 52.0 Å². The van der Waals surface area contributed by atoms with Crippen molar-refractivity contribution in [2.24, 2.45) is 11.3 Å². The molecule has 2 saturated heterocycles. The van der Waals surface area contributed by atoms with E-state index in [9.17, 15) is 8.42 Å². The van der Waals surface area contributed by atoms with Crippen molar-refractivity contribution in [2.45, 2.75) is 58.8 Å². The summed E-state index contributed by atoms with van der Waals surface area (Å²) < 4.78 is 23.0. The van der Waals surface area contributed by atoms with Crippen LogP contribution in [-0.2, 0) is 21.7 Å². The molecule has 0 aliphatic carbocycles. The molecule has 0 aromatic heterocycles. The highest BCUT2D eigenvalue weighted by atomic mass is 32.2. The Labute approximate surface area is 160 Å². The van der Waals surface area contributed by atoms with Gasteiger partial charge in [-0.3, -0.25) is 0 Å². The van der Waals surface area contributed by atoms with Crippen LogP contribution < -0.4 is 0 Å². The molecule has 4 heteroatoms. The first-order valence-corrected chi connectivity index (χ1v) is 12.0. The zero-order chi connectivity index (χ0) is 19.0. The Balaban J connectivity index is 1.47. The Kier molecular flexibility index (Phi) is 5.56. The number of benzene rings is 1. The van der Waals surface area contributed by atoms with Crippen LogP contribution in [0, 0.1) is 11.3 Å². The highest BCUT2D eigenvalue weighted by molar-refractivity contribution is 7.92. The van der Waals surface area contributed by atoms with E-state index in [0.717, 1.165) is 45.3 Å². The van der Waals surface area contributed by atoms with Gasteiger partial charge in [-0.2, -0.15) is 0 Å². The van der Waals surface area contributed by atoms with Gasteiger partial charge in [-0.25, -0.2) is 8.42 Å². The maximum Gasteiger partial charge on any atom is 0.151 e. The highest BCUT2D eigenvalue weighted by Gasteiger charge is 2.49. The number of hydrogen-bond donors (Lipinski definition) is 0. The topological polar surface area (TPSA) is 37.4 Å². The molecular formula is C22H35NO2S. The minimum atomic E-state index is -2.71. The molecular weight excluding hydrogens is 342 g/mol. The smallest absolute Gasteiger partial charge is 0.151 e. The molecule has 2 fully saturated rings. The van der Waals surface area contributed by atoms with Gasteiger partial charge >= 0.3 is 0 Å². The molecule has 2 aliphatic rings. The van der Waals surface area contributed by atoms with Crippen LogP contribution in [0.4, 0.5) is 0 Å². The molecule has 0 radical (unpaired) electrons. The summed E-state index contributed by atoms with van der Waals surface area (Å²) >= 11 is 0. The second-order valence-corrected chi connectivity index (χ2v) is 11.6. The van der Waals surface area contributed by atoms with E-state index in [1.807, 2.05) is 0 Å². The van der Waals surface area contributed by atoms with Gasteiger partial charge in [0.05, 0.1) is 11.5 Å². The van der Waals surface area contributed by atoms with Crippen molar-refractivity contribution in [1.82, 2.24) is 4.90 Å². The zero-order valence-electron chi connectivity index (χ0n) is 16.9. The molecule has 0 saturated carbocycles. The van der Waals surface area contributed by atoms with E-state index in [0.29, 0.717) is 17.4 Å². The SMILES string of the molecule is CCC(C)(C)c1ccc(CC(C)CN2CCC3(CC2)CS(=O)(=O)C3)cc1. The quantitative estimate of drug-likeness (QED) is 0.750. The second-order valence-electron chi connectivity index (χ2n) is 9.58. The molecule has 146 valence electrons. The van der Waals surface area contributed by atoms with Crippen molar-refractivity contribution in [1.29, 1.82) is 0 Å².